The number of hydrogen-bond acceptors (Lipinski definition) is 5. The van der Waals surface area contributed by atoms with Crippen LogP contribution in [0.5, 0.6) is 5.75 Å². The Balaban J connectivity index is 1.47. The molecule has 2 aromatic carbocycles. The molecule has 31 heavy (non-hydrogen) atoms. The molecule has 1 fully saturated rings. The third kappa shape index (κ3) is 4.32. The minimum absolute atomic E-state index is 0.0958. The van der Waals surface area contributed by atoms with E-state index in [0.29, 0.717) is 24.2 Å². The molecule has 0 unspecified atom stereocenters. The minimum atomic E-state index is -0.674. The highest BCUT2D eigenvalue weighted by atomic mass is 19.1. The molecule has 4 rings (SSSR count). The topological polar surface area (TPSA) is 59.1 Å². The number of fused-ring (bicyclic) bond motifs is 1. The summed E-state index contributed by atoms with van der Waals surface area (Å²) in [6.45, 7) is 2.27. The number of piperidine rings is 1. The maximum atomic E-state index is 13.1. The summed E-state index contributed by atoms with van der Waals surface area (Å²) in [5.74, 6) is -0.227. The number of hydrogen-bond donors (Lipinski definition) is 0. The fourth-order valence-corrected chi connectivity index (χ4v) is 4.12. The van der Waals surface area contributed by atoms with E-state index in [1.54, 1.807) is 42.3 Å². The van der Waals surface area contributed by atoms with Gasteiger partial charge in [-0.3, -0.25) is 9.69 Å². The zero-order chi connectivity index (χ0) is 22.0. The van der Waals surface area contributed by atoms with Crippen molar-refractivity contribution in [3.63, 3.8) is 0 Å². The second-order valence-electron chi connectivity index (χ2n) is 7.93. The number of rotatable bonds is 4. The fourth-order valence-electron chi connectivity index (χ4n) is 4.12. The molecule has 2 aliphatic heterocycles. The summed E-state index contributed by atoms with van der Waals surface area (Å²) in [4.78, 5) is 28.4. The van der Waals surface area contributed by atoms with Gasteiger partial charge in [0.05, 0.1) is 12.7 Å². The third-order valence-electron chi connectivity index (χ3n) is 6.02. The number of halogens is 1. The van der Waals surface area contributed by atoms with Gasteiger partial charge in [-0.2, -0.15) is 0 Å². The monoisotopic (exact) mass is 424 g/mol. The highest BCUT2D eigenvalue weighted by Crippen LogP contribution is 2.39. The number of ether oxygens (including phenoxy) is 2. The average molecular weight is 424 g/mol. The van der Waals surface area contributed by atoms with Crippen molar-refractivity contribution in [3.8, 4) is 5.75 Å². The van der Waals surface area contributed by atoms with Crippen LogP contribution in [0.1, 0.15) is 34.3 Å². The Morgan fingerprint density at radius 2 is 1.90 bits per heavy atom. The Bertz CT molecular complexity index is 1010. The van der Waals surface area contributed by atoms with Gasteiger partial charge in [-0.05, 0) is 41.5 Å². The van der Waals surface area contributed by atoms with Crippen molar-refractivity contribution in [1.29, 1.82) is 0 Å². The Hall–Kier alpha value is -3.19. The van der Waals surface area contributed by atoms with Crippen molar-refractivity contribution in [2.75, 3.05) is 27.2 Å². The molecular formula is C24H25FN2O4. The molecule has 7 heteroatoms. The number of esters is 1. The molecule has 2 aromatic rings. The van der Waals surface area contributed by atoms with Crippen LogP contribution < -0.4 is 4.74 Å². The van der Waals surface area contributed by atoms with E-state index in [1.807, 2.05) is 6.07 Å². The molecule has 0 aromatic heterocycles. The second-order valence-corrected chi connectivity index (χ2v) is 7.93. The quantitative estimate of drug-likeness (QED) is 0.556. The predicted molar refractivity (Wildman–Crippen MR) is 114 cm³/mol. The van der Waals surface area contributed by atoms with Gasteiger partial charge < -0.3 is 14.4 Å². The molecule has 0 N–H and O–H groups in total. The summed E-state index contributed by atoms with van der Waals surface area (Å²) < 4.78 is 24.1. The normalized spacial score (nSPS) is 18.2. The predicted octanol–water partition coefficient (Wildman–Crippen LogP) is 3.47. The molecule has 2 aliphatic rings. The van der Waals surface area contributed by atoms with E-state index in [-0.39, 0.29) is 11.7 Å². The van der Waals surface area contributed by atoms with Crippen molar-refractivity contribution in [1.82, 2.24) is 9.80 Å². The summed E-state index contributed by atoms with van der Waals surface area (Å²) >= 11 is 0. The maximum Gasteiger partial charge on any atom is 0.330 e. The number of benzene rings is 2. The number of methoxy groups -OCH3 is 1. The van der Waals surface area contributed by atoms with E-state index >= 15 is 0 Å². The summed E-state index contributed by atoms with van der Waals surface area (Å²) in [7, 11) is 3.09. The largest absolute Gasteiger partial charge is 0.467 e. The number of likely N-dealkylation sites (tertiary alicyclic amines) is 1. The van der Waals surface area contributed by atoms with Crippen LogP contribution in [-0.4, -0.2) is 54.6 Å². The molecule has 0 saturated carbocycles. The Kier molecular flexibility index (Phi) is 5.78. The standard InChI is InChI=1S/C24H25FN2O4/c1-26-23(29)20-15-17(6-10-22(28)30-2)5-9-21(20)31-24(26)11-13-27(14-12-24)16-18-3-7-19(25)8-4-18/h3-10,15H,11-14,16H2,1-2H3. The summed E-state index contributed by atoms with van der Waals surface area (Å²) in [5.41, 5.74) is 1.59. The second kappa shape index (κ2) is 8.51. The van der Waals surface area contributed by atoms with E-state index in [2.05, 4.69) is 9.64 Å². The van der Waals surface area contributed by atoms with Crippen LogP contribution in [0.15, 0.2) is 48.5 Å². The molecule has 0 atom stereocenters. The first kappa shape index (κ1) is 21.1. The molecule has 0 aliphatic carbocycles. The van der Waals surface area contributed by atoms with Crippen molar-refractivity contribution in [2.24, 2.45) is 0 Å². The highest BCUT2D eigenvalue weighted by molar-refractivity contribution is 5.99. The van der Waals surface area contributed by atoms with Gasteiger partial charge in [-0.25, -0.2) is 9.18 Å². The highest BCUT2D eigenvalue weighted by Gasteiger charge is 2.46. The molecule has 6 nitrogen and oxygen atoms in total. The lowest BCUT2D eigenvalue weighted by atomic mass is 9.94. The lowest BCUT2D eigenvalue weighted by Gasteiger charge is -2.49. The van der Waals surface area contributed by atoms with Gasteiger partial charge in [-0.15, -0.1) is 0 Å². The Morgan fingerprint density at radius 3 is 2.58 bits per heavy atom. The van der Waals surface area contributed by atoms with Gasteiger partial charge in [0.15, 0.2) is 5.72 Å². The molecule has 0 bridgehead atoms. The van der Waals surface area contributed by atoms with Gasteiger partial charge in [0.1, 0.15) is 11.6 Å². The molecule has 1 amide bonds. The zero-order valence-electron chi connectivity index (χ0n) is 17.6. The third-order valence-corrected chi connectivity index (χ3v) is 6.02. The summed E-state index contributed by atoms with van der Waals surface area (Å²) in [6.07, 6.45) is 4.29. The fraction of sp³-hybridized carbons (Fsp3) is 0.333. The van der Waals surface area contributed by atoms with Crippen LogP contribution in [0, 0.1) is 5.82 Å². The number of nitrogens with zero attached hydrogens (tertiary/aromatic N) is 2. The van der Waals surface area contributed by atoms with E-state index in [0.717, 1.165) is 30.8 Å². The molecule has 2 heterocycles. The van der Waals surface area contributed by atoms with Crippen molar-refractivity contribution < 1.29 is 23.5 Å². The van der Waals surface area contributed by atoms with Crippen LogP contribution in [0.25, 0.3) is 6.08 Å². The molecule has 162 valence electrons. The lowest BCUT2D eigenvalue weighted by Crippen LogP contribution is -2.61. The van der Waals surface area contributed by atoms with Crippen molar-refractivity contribution >= 4 is 18.0 Å². The van der Waals surface area contributed by atoms with Crippen LogP contribution in [0.4, 0.5) is 4.39 Å². The SMILES string of the molecule is COC(=O)C=Cc1ccc2c(c1)C(=O)N(C)C1(CCN(Cc3ccc(F)cc3)CC1)O2. The maximum absolute atomic E-state index is 13.1. The smallest absolute Gasteiger partial charge is 0.330 e. The summed E-state index contributed by atoms with van der Waals surface area (Å²) in [6, 6.07) is 11.9. The van der Waals surface area contributed by atoms with Crippen LogP contribution in [-0.2, 0) is 16.1 Å². The van der Waals surface area contributed by atoms with Crippen LogP contribution in [0.3, 0.4) is 0 Å². The van der Waals surface area contributed by atoms with Crippen LogP contribution >= 0.6 is 0 Å². The zero-order valence-corrected chi connectivity index (χ0v) is 17.6. The van der Waals surface area contributed by atoms with E-state index in [1.165, 1.54) is 25.3 Å². The Labute approximate surface area is 180 Å². The van der Waals surface area contributed by atoms with Crippen molar-refractivity contribution in [3.05, 3.63) is 71.0 Å². The van der Waals surface area contributed by atoms with Gasteiger partial charge in [0.2, 0.25) is 0 Å². The van der Waals surface area contributed by atoms with Gasteiger partial charge in [0, 0.05) is 45.6 Å². The van der Waals surface area contributed by atoms with E-state index < -0.39 is 11.7 Å². The lowest BCUT2D eigenvalue weighted by molar-refractivity contribution is -0.134. The van der Waals surface area contributed by atoms with Crippen molar-refractivity contribution in [2.45, 2.75) is 25.1 Å². The average Bonchev–Trinajstić information content (AvgIpc) is 2.79. The summed E-state index contributed by atoms with van der Waals surface area (Å²) in [5, 5.41) is 0. The number of amides is 1. The van der Waals surface area contributed by atoms with Gasteiger partial charge in [-0.1, -0.05) is 18.2 Å². The van der Waals surface area contributed by atoms with E-state index in [4.69, 9.17) is 4.74 Å². The molecule has 1 saturated heterocycles. The van der Waals surface area contributed by atoms with Gasteiger partial charge >= 0.3 is 5.97 Å². The molecule has 0 radical (unpaired) electrons. The first-order valence-electron chi connectivity index (χ1n) is 10.2. The molecule has 1 spiro atoms. The number of carbonyl (C=O) groups excluding carboxylic acids is 2. The van der Waals surface area contributed by atoms with Crippen LogP contribution in [0.2, 0.25) is 0 Å². The van der Waals surface area contributed by atoms with E-state index in [9.17, 15) is 14.0 Å². The first-order valence-corrected chi connectivity index (χ1v) is 10.2. The molecular weight excluding hydrogens is 399 g/mol. The first-order chi connectivity index (χ1) is 14.9. The minimum Gasteiger partial charge on any atom is -0.467 e. The van der Waals surface area contributed by atoms with Gasteiger partial charge in [0.25, 0.3) is 5.91 Å². The Morgan fingerprint density at radius 1 is 1.19 bits per heavy atom. The number of carbonyl (C=O) groups is 2.